The summed E-state index contributed by atoms with van der Waals surface area (Å²) < 4.78 is 5.35. The number of fused-ring (bicyclic) bond motifs is 2. The van der Waals surface area contributed by atoms with Gasteiger partial charge in [-0.05, 0) is 56.9 Å². The number of pyridine rings is 1. The van der Waals surface area contributed by atoms with Gasteiger partial charge in [0.05, 0.1) is 19.3 Å². The minimum atomic E-state index is -0.240. The van der Waals surface area contributed by atoms with Crippen LogP contribution in [0.25, 0.3) is 0 Å². The summed E-state index contributed by atoms with van der Waals surface area (Å²) in [6.45, 7) is 2.03. The highest BCUT2D eigenvalue weighted by atomic mass is 16.5. The summed E-state index contributed by atoms with van der Waals surface area (Å²) in [5.41, 5.74) is 1.97. The van der Waals surface area contributed by atoms with E-state index < -0.39 is 0 Å². The summed E-state index contributed by atoms with van der Waals surface area (Å²) in [6.07, 6.45) is 5.45. The number of benzene rings is 1. The first-order valence-electron chi connectivity index (χ1n) is 11.1. The normalized spacial score (nSPS) is 21.8. The Kier molecular flexibility index (Phi) is 6.60. The number of ether oxygens (including phenoxy) is 1. The van der Waals surface area contributed by atoms with Gasteiger partial charge in [-0.1, -0.05) is 6.07 Å². The van der Waals surface area contributed by atoms with Crippen molar-refractivity contribution in [2.75, 3.05) is 25.2 Å². The van der Waals surface area contributed by atoms with E-state index in [1.165, 1.54) is 0 Å². The van der Waals surface area contributed by atoms with Crippen LogP contribution in [0.15, 0.2) is 36.5 Å². The number of carbonyl (C=O) groups is 2. The Labute approximate surface area is 188 Å². The minimum absolute atomic E-state index is 0.0596. The van der Waals surface area contributed by atoms with Crippen LogP contribution in [0.1, 0.15) is 52.0 Å². The Morgan fingerprint density at radius 3 is 2.53 bits per heavy atom. The SMILES string of the molecule is COc1cccc(C(=O)NC2CC3CCC(C2)N3c2ccc(C(=O)NCCO)cn2)c1C. The second-order valence-corrected chi connectivity index (χ2v) is 8.45. The molecule has 8 heteroatoms. The van der Waals surface area contributed by atoms with Crippen molar-refractivity contribution in [2.45, 2.75) is 50.7 Å². The summed E-state index contributed by atoms with van der Waals surface area (Å²) >= 11 is 0. The van der Waals surface area contributed by atoms with Crippen LogP contribution in [-0.4, -0.2) is 60.3 Å². The predicted molar refractivity (Wildman–Crippen MR) is 121 cm³/mol. The molecule has 8 nitrogen and oxygen atoms in total. The average Bonchev–Trinajstić information content (AvgIpc) is 3.07. The van der Waals surface area contributed by atoms with Gasteiger partial charge in [-0.2, -0.15) is 0 Å². The zero-order valence-electron chi connectivity index (χ0n) is 18.5. The number of methoxy groups -OCH3 is 1. The van der Waals surface area contributed by atoms with Crippen LogP contribution in [0.2, 0.25) is 0 Å². The predicted octanol–water partition coefficient (Wildman–Crippen LogP) is 2.05. The number of amides is 2. The number of nitrogens with zero attached hydrogens (tertiary/aromatic N) is 2. The number of aromatic nitrogens is 1. The topological polar surface area (TPSA) is 104 Å². The molecule has 2 atom stereocenters. The second-order valence-electron chi connectivity index (χ2n) is 8.45. The molecule has 2 bridgehead atoms. The highest BCUT2D eigenvalue weighted by molar-refractivity contribution is 5.96. The maximum Gasteiger partial charge on any atom is 0.252 e. The van der Waals surface area contributed by atoms with Crippen LogP contribution in [0.5, 0.6) is 5.75 Å². The first-order valence-corrected chi connectivity index (χ1v) is 11.1. The van der Waals surface area contributed by atoms with Crippen molar-refractivity contribution in [2.24, 2.45) is 0 Å². The molecule has 2 fully saturated rings. The molecule has 32 heavy (non-hydrogen) atoms. The summed E-state index contributed by atoms with van der Waals surface area (Å²) in [5, 5.41) is 14.7. The van der Waals surface area contributed by atoms with Crippen LogP contribution in [0.3, 0.4) is 0 Å². The Bertz CT molecular complexity index is 964. The third kappa shape index (κ3) is 4.41. The lowest BCUT2D eigenvalue weighted by molar-refractivity contribution is 0.0923. The molecular formula is C24H30N4O4. The third-order valence-electron chi connectivity index (χ3n) is 6.49. The highest BCUT2D eigenvalue weighted by Gasteiger charge is 2.41. The fraction of sp³-hybridized carbons (Fsp3) is 0.458. The molecule has 170 valence electrons. The molecule has 0 radical (unpaired) electrons. The third-order valence-corrected chi connectivity index (χ3v) is 6.49. The fourth-order valence-corrected chi connectivity index (χ4v) is 4.96. The van der Waals surface area contributed by atoms with Gasteiger partial charge in [-0.3, -0.25) is 9.59 Å². The molecule has 0 saturated carbocycles. The van der Waals surface area contributed by atoms with Crippen molar-refractivity contribution >= 4 is 17.6 Å². The van der Waals surface area contributed by atoms with Crippen LogP contribution < -0.4 is 20.3 Å². The molecule has 2 unspecified atom stereocenters. The molecule has 2 aliphatic rings. The summed E-state index contributed by atoms with van der Waals surface area (Å²) in [6, 6.07) is 9.93. The Hall–Kier alpha value is -3.13. The van der Waals surface area contributed by atoms with E-state index in [4.69, 9.17) is 9.84 Å². The van der Waals surface area contributed by atoms with Gasteiger partial charge in [0, 0.05) is 42.0 Å². The second kappa shape index (κ2) is 9.56. The number of aliphatic hydroxyl groups excluding tert-OH is 1. The molecule has 1 aromatic heterocycles. The van der Waals surface area contributed by atoms with Gasteiger partial charge >= 0.3 is 0 Å². The van der Waals surface area contributed by atoms with Gasteiger partial charge in [0.1, 0.15) is 11.6 Å². The van der Waals surface area contributed by atoms with Crippen LogP contribution in [-0.2, 0) is 0 Å². The van der Waals surface area contributed by atoms with Crippen molar-refractivity contribution in [3.8, 4) is 5.75 Å². The molecule has 0 spiro atoms. The number of piperidine rings is 1. The first-order chi connectivity index (χ1) is 15.5. The molecule has 2 aromatic rings. The standard InChI is InChI=1S/C24H30N4O4/c1-15-20(4-3-5-21(15)32-2)24(31)27-17-12-18-7-8-19(13-17)28(18)22-9-6-16(14-26-22)23(30)25-10-11-29/h3-6,9,14,17-19,29H,7-8,10-13H2,1-2H3,(H,25,30)(H,27,31). The number of hydrogen-bond acceptors (Lipinski definition) is 6. The first kappa shape index (κ1) is 22.1. The Morgan fingerprint density at radius 2 is 1.91 bits per heavy atom. The van der Waals surface area contributed by atoms with Crippen molar-refractivity contribution in [1.29, 1.82) is 0 Å². The smallest absolute Gasteiger partial charge is 0.252 e. The fourth-order valence-electron chi connectivity index (χ4n) is 4.96. The monoisotopic (exact) mass is 438 g/mol. The lowest BCUT2D eigenvalue weighted by Gasteiger charge is -2.40. The number of nitrogens with one attached hydrogen (secondary N) is 2. The highest BCUT2D eigenvalue weighted by Crippen LogP contribution is 2.38. The molecule has 0 aliphatic carbocycles. The lowest BCUT2D eigenvalue weighted by atomic mass is 9.96. The molecule has 2 aliphatic heterocycles. The van der Waals surface area contributed by atoms with E-state index in [1.807, 2.05) is 31.2 Å². The van der Waals surface area contributed by atoms with E-state index in [0.29, 0.717) is 29.0 Å². The number of rotatable bonds is 7. The van der Waals surface area contributed by atoms with E-state index in [2.05, 4.69) is 20.5 Å². The molecule has 1 aromatic carbocycles. The van der Waals surface area contributed by atoms with Gasteiger partial charge in [0.15, 0.2) is 0 Å². The number of anilines is 1. The lowest BCUT2D eigenvalue weighted by Crippen LogP contribution is -2.50. The number of aliphatic hydroxyl groups is 1. The molecule has 2 saturated heterocycles. The summed E-state index contributed by atoms with van der Waals surface area (Å²) in [4.78, 5) is 31.8. The number of hydrogen-bond donors (Lipinski definition) is 3. The molecule has 3 N–H and O–H groups in total. The van der Waals surface area contributed by atoms with E-state index >= 15 is 0 Å². The van der Waals surface area contributed by atoms with Gasteiger partial charge < -0.3 is 25.4 Å². The van der Waals surface area contributed by atoms with Gasteiger partial charge in [-0.15, -0.1) is 0 Å². The molecule has 4 rings (SSSR count). The maximum atomic E-state index is 12.9. The Balaban J connectivity index is 1.41. The molecule has 3 heterocycles. The van der Waals surface area contributed by atoms with Crippen LogP contribution in [0, 0.1) is 6.92 Å². The number of carbonyl (C=O) groups excluding carboxylic acids is 2. The quantitative estimate of drug-likeness (QED) is 0.611. The molecule has 2 amide bonds. The minimum Gasteiger partial charge on any atom is -0.496 e. The van der Waals surface area contributed by atoms with Crippen LogP contribution >= 0.6 is 0 Å². The van der Waals surface area contributed by atoms with Crippen molar-refractivity contribution in [3.63, 3.8) is 0 Å². The van der Waals surface area contributed by atoms with Gasteiger partial charge in [0.2, 0.25) is 0 Å². The Morgan fingerprint density at radius 1 is 1.16 bits per heavy atom. The van der Waals surface area contributed by atoms with E-state index in [1.54, 1.807) is 19.4 Å². The van der Waals surface area contributed by atoms with Gasteiger partial charge in [0.25, 0.3) is 11.8 Å². The van der Waals surface area contributed by atoms with Crippen molar-refractivity contribution < 1.29 is 19.4 Å². The maximum absolute atomic E-state index is 12.9. The largest absolute Gasteiger partial charge is 0.496 e. The zero-order valence-corrected chi connectivity index (χ0v) is 18.5. The molecular weight excluding hydrogens is 408 g/mol. The zero-order chi connectivity index (χ0) is 22.7. The van der Waals surface area contributed by atoms with E-state index in [9.17, 15) is 9.59 Å². The van der Waals surface area contributed by atoms with Crippen molar-refractivity contribution in [1.82, 2.24) is 15.6 Å². The van der Waals surface area contributed by atoms with Crippen LogP contribution in [0.4, 0.5) is 5.82 Å². The summed E-state index contributed by atoms with van der Waals surface area (Å²) in [7, 11) is 1.61. The van der Waals surface area contributed by atoms with E-state index in [0.717, 1.165) is 37.1 Å². The average molecular weight is 439 g/mol. The van der Waals surface area contributed by atoms with E-state index in [-0.39, 0.29) is 31.0 Å². The van der Waals surface area contributed by atoms with Crippen molar-refractivity contribution in [3.05, 3.63) is 53.2 Å². The van der Waals surface area contributed by atoms with Gasteiger partial charge in [-0.25, -0.2) is 4.98 Å². The summed E-state index contributed by atoms with van der Waals surface area (Å²) in [5.74, 6) is 1.28.